The molecule has 0 saturated carbocycles. The monoisotopic (exact) mass is 184 g/mol. The Hall–Kier alpha value is -0.970. The fourth-order valence-electron chi connectivity index (χ4n) is 1.07. The molecule has 72 valence electrons. The van der Waals surface area contributed by atoms with Gasteiger partial charge in [0.1, 0.15) is 5.82 Å². The van der Waals surface area contributed by atoms with E-state index in [1.54, 1.807) is 12.1 Å². The number of halogens is 1. The van der Waals surface area contributed by atoms with E-state index in [4.69, 9.17) is 16.6 Å². The van der Waals surface area contributed by atoms with Crippen molar-refractivity contribution < 1.29 is 9.50 Å². The molecule has 0 bridgehead atoms. The number of rotatable bonds is 3. The summed E-state index contributed by atoms with van der Waals surface area (Å²) in [5, 5.41) is 8.73. The molecule has 5 N–H and O–H groups in total. The largest absolute Gasteiger partial charge is 0.394 e. The van der Waals surface area contributed by atoms with Crippen LogP contribution in [0.1, 0.15) is 17.2 Å². The molecule has 0 radical (unpaired) electrons. The van der Waals surface area contributed by atoms with Crippen molar-refractivity contribution in [2.45, 2.75) is 12.6 Å². The van der Waals surface area contributed by atoms with Gasteiger partial charge in [0.2, 0.25) is 0 Å². The van der Waals surface area contributed by atoms with Crippen molar-refractivity contribution in [2.24, 2.45) is 11.5 Å². The summed E-state index contributed by atoms with van der Waals surface area (Å²) >= 11 is 0. The Morgan fingerprint density at radius 1 is 1.46 bits per heavy atom. The van der Waals surface area contributed by atoms with Crippen molar-refractivity contribution in [3.05, 3.63) is 35.1 Å². The van der Waals surface area contributed by atoms with Crippen LogP contribution in [0.15, 0.2) is 18.2 Å². The van der Waals surface area contributed by atoms with E-state index in [0.717, 1.165) is 0 Å². The molecule has 0 heterocycles. The topological polar surface area (TPSA) is 72.3 Å². The molecule has 0 aliphatic heterocycles. The first kappa shape index (κ1) is 10.1. The molecule has 1 atom stereocenters. The maximum Gasteiger partial charge on any atom is 0.128 e. The van der Waals surface area contributed by atoms with Crippen molar-refractivity contribution >= 4 is 0 Å². The molecule has 13 heavy (non-hydrogen) atoms. The Balaban J connectivity index is 2.95. The van der Waals surface area contributed by atoms with Gasteiger partial charge in [-0.2, -0.15) is 0 Å². The maximum atomic E-state index is 13.1. The molecule has 1 aromatic rings. The first-order valence-corrected chi connectivity index (χ1v) is 4.04. The average molecular weight is 184 g/mol. The minimum atomic E-state index is -0.527. The van der Waals surface area contributed by atoms with Gasteiger partial charge in [-0.05, 0) is 11.6 Å². The van der Waals surface area contributed by atoms with Crippen LogP contribution in [0.3, 0.4) is 0 Å². The van der Waals surface area contributed by atoms with Gasteiger partial charge in [-0.1, -0.05) is 12.1 Å². The highest BCUT2D eigenvalue weighted by Crippen LogP contribution is 2.14. The van der Waals surface area contributed by atoms with Gasteiger partial charge >= 0.3 is 0 Å². The third-order valence-electron chi connectivity index (χ3n) is 1.92. The predicted octanol–water partition coefficient (Wildman–Crippen LogP) is 0.277. The van der Waals surface area contributed by atoms with E-state index in [0.29, 0.717) is 11.1 Å². The molecule has 0 aliphatic rings. The van der Waals surface area contributed by atoms with Crippen LogP contribution in [-0.4, -0.2) is 11.7 Å². The van der Waals surface area contributed by atoms with E-state index in [2.05, 4.69) is 0 Å². The zero-order chi connectivity index (χ0) is 9.84. The van der Waals surface area contributed by atoms with E-state index in [9.17, 15) is 4.39 Å². The van der Waals surface area contributed by atoms with Crippen LogP contribution in [0.25, 0.3) is 0 Å². The molecule has 3 nitrogen and oxygen atoms in total. The lowest BCUT2D eigenvalue weighted by molar-refractivity contribution is 0.267. The zero-order valence-electron chi connectivity index (χ0n) is 7.20. The fourth-order valence-corrected chi connectivity index (χ4v) is 1.07. The first-order valence-electron chi connectivity index (χ1n) is 4.04. The second-order valence-electron chi connectivity index (χ2n) is 2.84. The highest BCUT2D eigenvalue weighted by Gasteiger charge is 2.07. The highest BCUT2D eigenvalue weighted by atomic mass is 19.1. The van der Waals surface area contributed by atoms with Crippen LogP contribution in [-0.2, 0) is 6.54 Å². The lowest BCUT2D eigenvalue weighted by atomic mass is 10.1. The Morgan fingerprint density at radius 3 is 2.62 bits per heavy atom. The Bertz CT molecular complexity index is 291. The summed E-state index contributed by atoms with van der Waals surface area (Å²) in [5.41, 5.74) is 11.8. The lowest BCUT2D eigenvalue weighted by Gasteiger charge is -2.09. The molecule has 0 amide bonds. The normalized spacial score (nSPS) is 12.9. The minimum Gasteiger partial charge on any atom is -0.394 e. The van der Waals surface area contributed by atoms with Gasteiger partial charge < -0.3 is 16.6 Å². The second kappa shape index (κ2) is 4.32. The predicted molar refractivity (Wildman–Crippen MR) is 48.3 cm³/mol. The van der Waals surface area contributed by atoms with Gasteiger partial charge in [0.15, 0.2) is 0 Å². The zero-order valence-corrected chi connectivity index (χ0v) is 7.20. The SMILES string of the molecule is NCc1ccc([C@@H](N)CO)cc1F. The van der Waals surface area contributed by atoms with Crippen molar-refractivity contribution in [2.75, 3.05) is 6.61 Å². The first-order chi connectivity index (χ1) is 6.19. The summed E-state index contributed by atoms with van der Waals surface area (Å²) in [5.74, 6) is -0.371. The standard InChI is InChI=1S/C9H13FN2O/c10-8-3-6(9(12)5-13)1-2-7(8)4-11/h1-3,9,13H,4-5,11-12H2/t9-/m0/s1. The molecule has 0 unspecified atom stereocenters. The van der Waals surface area contributed by atoms with E-state index >= 15 is 0 Å². The van der Waals surface area contributed by atoms with E-state index in [1.807, 2.05) is 0 Å². The maximum absolute atomic E-state index is 13.1. The van der Waals surface area contributed by atoms with Gasteiger partial charge in [-0.15, -0.1) is 0 Å². The van der Waals surface area contributed by atoms with Gasteiger partial charge in [-0.25, -0.2) is 4.39 Å². The Morgan fingerprint density at radius 2 is 2.15 bits per heavy atom. The third-order valence-corrected chi connectivity index (χ3v) is 1.92. The number of aliphatic hydroxyl groups excluding tert-OH is 1. The number of benzene rings is 1. The van der Waals surface area contributed by atoms with Crippen LogP contribution in [0.5, 0.6) is 0 Å². The number of hydrogen-bond acceptors (Lipinski definition) is 3. The van der Waals surface area contributed by atoms with Crippen LogP contribution in [0.4, 0.5) is 4.39 Å². The third kappa shape index (κ3) is 2.24. The highest BCUT2D eigenvalue weighted by molar-refractivity contribution is 5.26. The molecule has 1 rings (SSSR count). The fraction of sp³-hybridized carbons (Fsp3) is 0.333. The summed E-state index contributed by atoms with van der Waals surface area (Å²) in [4.78, 5) is 0. The molecule has 0 saturated heterocycles. The van der Waals surface area contributed by atoms with Crippen molar-refractivity contribution in [1.82, 2.24) is 0 Å². The Kier molecular flexibility index (Phi) is 3.36. The minimum absolute atomic E-state index is 0.167. The van der Waals surface area contributed by atoms with Crippen molar-refractivity contribution in [3.8, 4) is 0 Å². The molecule has 0 aliphatic carbocycles. The number of hydrogen-bond donors (Lipinski definition) is 3. The van der Waals surface area contributed by atoms with Crippen LogP contribution < -0.4 is 11.5 Å². The van der Waals surface area contributed by atoms with Gasteiger partial charge in [-0.3, -0.25) is 0 Å². The summed E-state index contributed by atoms with van der Waals surface area (Å²) in [6.45, 7) is -0.0259. The van der Waals surface area contributed by atoms with Crippen molar-refractivity contribution in [1.29, 1.82) is 0 Å². The van der Waals surface area contributed by atoms with Crippen LogP contribution in [0, 0.1) is 5.82 Å². The smallest absolute Gasteiger partial charge is 0.128 e. The number of nitrogens with two attached hydrogens (primary N) is 2. The summed E-state index contributed by atoms with van der Waals surface area (Å²) in [7, 11) is 0. The van der Waals surface area contributed by atoms with Gasteiger partial charge in [0.25, 0.3) is 0 Å². The van der Waals surface area contributed by atoms with E-state index in [-0.39, 0.29) is 19.0 Å². The van der Waals surface area contributed by atoms with Gasteiger partial charge in [0, 0.05) is 12.1 Å². The summed E-state index contributed by atoms with van der Waals surface area (Å²) in [6, 6.07) is 4.04. The molecule has 0 aromatic heterocycles. The molecule has 4 heteroatoms. The molecular weight excluding hydrogens is 171 g/mol. The van der Waals surface area contributed by atoms with Crippen molar-refractivity contribution in [3.63, 3.8) is 0 Å². The quantitative estimate of drug-likeness (QED) is 0.631. The second-order valence-corrected chi connectivity index (χ2v) is 2.84. The lowest BCUT2D eigenvalue weighted by Crippen LogP contribution is -2.15. The molecular formula is C9H13FN2O. The Labute approximate surface area is 76.2 Å². The van der Waals surface area contributed by atoms with E-state index in [1.165, 1.54) is 6.07 Å². The van der Waals surface area contributed by atoms with Crippen LogP contribution in [0.2, 0.25) is 0 Å². The van der Waals surface area contributed by atoms with Gasteiger partial charge in [0.05, 0.1) is 12.6 Å². The summed E-state index contributed by atoms with van der Waals surface area (Å²) < 4.78 is 13.1. The molecule has 0 spiro atoms. The summed E-state index contributed by atoms with van der Waals surface area (Å²) in [6.07, 6.45) is 0. The number of aliphatic hydroxyl groups is 1. The average Bonchev–Trinajstić information content (AvgIpc) is 2.16. The van der Waals surface area contributed by atoms with E-state index < -0.39 is 6.04 Å². The van der Waals surface area contributed by atoms with Crippen LogP contribution >= 0.6 is 0 Å². The molecule has 1 aromatic carbocycles. The molecule has 0 fully saturated rings.